The van der Waals surface area contributed by atoms with Crippen molar-refractivity contribution in [3.05, 3.63) is 41.6 Å². The molecule has 3 aromatic heterocycles. The normalized spacial score (nSPS) is 10.8. The van der Waals surface area contributed by atoms with E-state index in [2.05, 4.69) is 20.3 Å². The van der Waals surface area contributed by atoms with Gasteiger partial charge in [0.2, 0.25) is 5.88 Å². The van der Waals surface area contributed by atoms with E-state index in [1.54, 1.807) is 23.2 Å². The van der Waals surface area contributed by atoms with Crippen molar-refractivity contribution in [2.75, 3.05) is 5.32 Å². The van der Waals surface area contributed by atoms with Gasteiger partial charge in [-0.15, -0.1) is 11.3 Å². The number of pyridine rings is 1. The quantitative estimate of drug-likeness (QED) is 0.783. The van der Waals surface area contributed by atoms with Gasteiger partial charge in [0.1, 0.15) is 23.8 Å². The molecule has 21 heavy (non-hydrogen) atoms. The van der Waals surface area contributed by atoms with Gasteiger partial charge in [0.15, 0.2) is 0 Å². The zero-order chi connectivity index (χ0) is 14.7. The molecule has 0 radical (unpaired) electrons. The van der Waals surface area contributed by atoms with Crippen LogP contribution in [0.5, 0.6) is 5.88 Å². The summed E-state index contributed by atoms with van der Waals surface area (Å²) in [5, 5.41) is 5.11. The van der Waals surface area contributed by atoms with Crippen molar-refractivity contribution in [1.82, 2.24) is 19.5 Å². The van der Waals surface area contributed by atoms with E-state index in [1.165, 1.54) is 0 Å². The Labute approximate surface area is 126 Å². The molecule has 0 unspecified atom stereocenters. The van der Waals surface area contributed by atoms with Gasteiger partial charge in [0.05, 0.1) is 17.8 Å². The van der Waals surface area contributed by atoms with Gasteiger partial charge in [-0.2, -0.15) is 4.98 Å². The molecule has 0 amide bonds. The van der Waals surface area contributed by atoms with E-state index >= 15 is 0 Å². The first kappa shape index (κ1) is 13.6. The van der Waals surface area contributed by atoms with Gasteiger partial charge < -0.3 is 10.1 Å². The molecule has 7 heteroatoms. The maximum absolute atomic E-state index is 5.57. The second-order valence-electron chi connectivity index (χ2n) is 4.67. The Hall–Kier alpha value is -2.41. The van der Waals surface area contributed by atoms with E-state index in [1.807, 2.05) is 48.2 Å². The van der Waals surface area contributed by atoms with E-state index < -0.39 is 0 Å². The predicted octanol–water partition coefficient (Wildman–Crippen LogP) is 3.25. The molecule has 0 saturated carbocycles. The summed E-state index contributed by atoms with van der Waals surface area (Å²) in [4.78, 5) is 12.9. The maximum Gasteiger partial charge on any atom is 0.215 e. The minimum Gasteiger partial charge on any atom is -0.475 e. The third kappa shape index (κ3) is 3.38. The molecule has 0 fully saturated rings. The topological polar surface area (TPSA) is 64.9 Å². The SMILES string of the molecule is CC(C)Oc1cccc(Nc2cn(-c3cscn3)cn2)n1. The van der Waals surface area contributed by atoms with Crippen LogP contribution in [0.25, 0.3) is 5.82 Å². The summed E-state index contributed by atoms with van der Waals surface area (Å²) in [6.07, 6.45) is 3.68. The van der Waals surface area contributed by atoms with Crippen molar-refractivity contribution >= 4 is 23.0 Å². The minimum absolute atomic E-state index is 0.0941. The highest BCUT2D eigenvalue weighted by molar-refractivity contribution is 7.07. The second kappa shape index (κ2) is 5.92. The van der Waals surface area contributed by atoms with E-state index in [0.29, 0.717) is 17.5 Å². The van der Waals surface area contributed by atoms with E-state index in [9.17, 15) is 0 Å². The predicted molar refractivity (Wildman–Crippen MR) is 82.5 cm³/mol. The van der Waals surface area contributed by atoms with Gasteiger partial charge in [0.25, 0.3) is 0 Å². The average molecular weight is 301 g/mol. The Morgan fingerprint density at radius 3 is 2.90 bits per heavy atom. The molecule has 3 aromatic rings. The Kier molecular flexibility index (Phi) is 3.83. The summed E-state index contributed by atoms with van der Waals surface area (Å²) < 4.78 is 7.43. The monoisotopic (exact) mass is 301 g/mol. The standard InChI is InChI=1S/C14H15N5OS/c1-10(2)20-14-5-3-4-11(18-14)17-12-6-19(8-15-12)13-7-21-9-16-13/h3-10H,1-2H3,(H,17,18). The smallest absolute Gasteiger partial charge is 0.215 e. The Morgan fingerprint density at radius 2 is 2.14 bits per heavy atom. The summed E-state index contributed by atoms with van der Waals surface area (Å²) >= 11 is 1.55. The van der Waals surface area contributed by atoms with Crippen molar-refractivity contribution in [3.63, 3.8) is 0 Å². The van der Waals surface area contributed by atoms with E-state index in [4.69, 9.17) is 4.74 Å². The number of nitrogens with one attached hydrogen (secondary N) is 1. The molecular formula is C14H15N5OS. The first-order chi connectivity index (χ1) is 10.2. The van der Waals surface area contributed by atoms with Gasteiger partial charge in [-0.3, -0.25) is 4.57 Å². The van der Waals surface area contributed by atoms with Gasteiger partial charge >= 0.3 is 0 Å². The first-order valence-corrected chi connectivity index (χ1v) is 7.48. The summed E-state index contributed by atoms with van der Waals surface area (Å²) in [5.41, 5.74) is 1.79. The number of nitrogens with zero attached hydrogens (tertiary/aromatic N) is 4. The summed E-state index contributed by atoms with van der Waals surface area (Å²) in [7, 11) is 0. The summed E-state index contributed by atoms with van der Waals surface area (Å²) in [5.74, 6) is 2.84. The molecule has 0 aliphatic heterocycles. The highest BCUT2D eigenvalue weighted by Gasteiger charge is 2.05. The summed E-state index contributed by atoms with van der Waals surface area (Å²) in [6.45, 7) is 3.94. The first-order valence-electron chi connectivity index (χ1n) is 6.54. The van der Waals surface area contributed by atoms with Crippen LogP contribution in [0.1, 0.15) is 13.8 Å². The van der Waals surface area contributed by atoms with Crippen LogP contribution in [0.2, 0.25) is 0 Å². The molecule has 0 spiro atoms. The lowest BCUT2D eigenvalue weighted by atomic mass is 10.4. The van der Waals surface area contributed by atoms with Gasteiger partial charge in [-0.1, -0.05) is 6.07 Å². The van der Waals surface area contributed by atoms with Crippen LogP contribution in [0, 0.1) is 0 Å². The number of aromatic nitrogens is 4. The molecule has 3 rings (SSSR count). The molecule has 0 aliphatic carbocycles. The number of rotatable bonds is 5. The Morgan fingerprint density at radius 1 is 1.24 bits per heavy atom. The zero-order valence-corrected chi connectivity index (χ0v) is 12.5. The van der Waals surface area contributed by atoms with Crippen LogP contribution in [0.15, 0.2) is 41.6 Å². The van der Waals surface area contributed by atoms with Crippen LogP contribution in [0.4, 0.5) is 11.6 Å². The molecule has 0 saturated heterocycles. The number of imidazole rings is 1. The number of thiazole rings is 1. The lowest BCUT2D eigenvalue weighted by molar-refractivity contribution is 0.233. The van der Waals surface area contributed by atoms with Crippen molar-refractivity contribution in [2.45, 2.75) is 20.0 Å². The lowest BCUT2D eigenvalue weighted by Gasteiger charge is -2.09. The van der Waals surface area contributed by atoms with Crippen LogP contribution in [0.3, 0.4) is 0 Å². The maximum atomic E-state index is 5.57. The molecule has 1 N–H and O–H groups in total. The zero-order valence-electron chi connectivity index (χ0n) is 11.7. The van der Waals surface area contributed by atoms with Gasteiger partial charge in [-0.25, -0.2) is 9.97 Å². The van der Waals surface area contributed by atoms with E-state index in [-0.39, 0.29) is 6.10 Å². The highest BCUT2D eigenvalue weighted by atomic mass is 32.1. The van der Waals surface area contributed by atoms with Crippen molar-refractivity contribution < 1.29 is 4.74 Å². The molecule has 0 atom stereocenters. The minimum atomic E-state index is 0.0941. The third-order valence-electron chi connectivity index (χ3n) is 2.60. The summed E-state index contributed by atoms with van der Waals surface area (Å²) in [6, 6.07) is 5.60. The number of ether oxygens (including phenoxy) is 1. The number of hydrogen-bond acceptors (Lipinski definition) is 6. The largest absolute Gasteiger partial charge is 0.475 e. The molecule has 0 aliphatic rings. The molecule has 3 heterocycles. The van der Waals surface area contributed by atoms with Crippen LogP contribution >= 0.6 is 11.3 Å². The van der Waals surface area contributed by atoms with Crippen LogP contribution in [-0.4, -0.2) is 25.6 Å². The number of anilines is 2. The fourth-order valence-electron chi connectivity index (χ4n) is 1.77. The molecular weight excluding hydrogens is 286 g/mol. The van der Waals surface area contributed by atoms with Crippen LogP contribution in [-0.2, 0) is 0 Å². The fraction of sp³-hybridized carbons (Fsp3) is 0.214. The van der Waals surface area contributed by atoms with Crippen molar-refractivity contribution in [1.29, 1.82) is 0 Å². The third-order valence-corrected chi connectivity index (χ3v) is 3.18. The number of hydrogen-bond donors (Lipinski definition) is 1. The van der Waals surface area contributed by atoms with Crippen LogP contribution < -0.4 is 10.1 Å². The highest BCUT2D eigenvalue weighted by Crippen LogP contribution is 2.18. The Bertz CT molecular complexity index is 708. The molecule has 108 valence electrons. The lowest BCUT2D eigenvalue weighted by Crippen LogP contribution is -2.07. The molecule has 6 nitrogen and oxygen atoms in total. The second-order valence-corrected chi connectivity index (χ2v) is 5.38. The average Bonchev–Trinajstić information content (AvgIpc) is 3.08. The van der Waals surface area contributed by atoms with Gasteiger partial charge in [-0.05, 0) is 19.9 Å². The fourth-order valence-corrected chi connectivity index (χ4v) is 2.30. The van der Waals surface area contributed by atoms with Crippen molar-refractivity contribution in [2.24, 2.45) is 0 Å². The van der Waals surface area contributed by atoms with E-state index in [0.717, 1.165) is 5.82 Å². The molecule has 0 bridgehead atoms. The Balaban J connectivity index is 1.75. The van der Waals surface area contributed by atoms with Gasteiger partial charge in [0, 0.05) is 11.4 Å². The molecule has 0 aromatic carbocycles. The van der Waals surface area contributed by atoms with Crippen molar-refractivity contribution in [3.8, 4) is 11.7 Å².